The van der Waals surface area contributed by atoms with Crippen LogP contribution in [0.1, 0.15) is 17.0 Å². The third-order valence-electron chi connectivity index (χ3n) is 2.99. The average Bonchev–Trinajstić information content (AvgIpc) is 2.45. The number of halogens is 1. The Morgan fingerprint density at radius 1 is 1.25 bits per heavy atom. The minimum atomic E-state index is -0.488. The summed E-state index contributed by atoms with van der Waals surface area (Å²) in [5, 5.41) is 19.8. The number of rotatable bonds is 4. The van der Waals surface area contributed by atoms with Gasteiger partial charge in [-0.2, -0.15) is 5.26 Å². The first-order valence-electron chi connectivity index (χ1n) is 5.98. The van der Waals surface area contributed by atoms with E-state index in [0.717, 1.165) is 5.56 Å². The number of nitro benzene ring substituents is 1. The van der Waals surface area contributed by atoms with Gasteiger partial charge < -0.3 is 0 Å². The lowest BCUT2D eigenvalue weighted by molar-refractivity contribution is -0.384. The van der Waals surface area contributed by atoms with Gasteiger partial charge in [0.1, 0.15) is 5.82 Å². The minimum Gasteiger partial charge on any atom is -0.258 e. The first-order valence-corrected chi connectivity index (χ1v) is 5.98. The average molecular weight is 270 g/mol. The Labute approximate surface area is 115 Å². The van der Waals surface area contributed by atoms with Gasteiger partial charge in [0.05, 0.1) is 16.9 Å². The molecule has 20 heavy (non-hydrogen) atoms. The summed E-state index contributed by atoms with van der Waals surface area (Å²) in [5.74, 6) is -0.805. The van der Waals surface area contributed by atoms with Gasteiger partial charge in [0.25, 0.3) is 5.69 Å². The maximum Gasteiger partial charge on any atom is 0.269 e. The predicted octanol–water partition coefficient (Wildman–Crippen LogP) is 3.58. The largest absolute Gasteiger partial charge is 0.269 e. The van der Waals surface area contributed by atoms with E-state index in [9.17, 15) is 19.8 Å². The van der Waals surface area contributed by atoms with Gasteiger partial charge in [0.2, 0.25) is 0 Å². The van der Waals surface area contributed by atoms with Crippen molar-refractivity contribution in [2.45, 2.75) is 12.3 Å². The number of hydrogen-bond donors (Lipinski definition) is 0. The quantitative estimate of drug-likeness (QED) is 0.630. The summed E-state index contributed by atoms with van der Waals surface area (Å²) in [6, 6.07) is 14.1. The van der Waals surface area contributed by atoms with E-state index in [1.165, 1.54) is 24.3 Å². The Morgan fingerprint density at radius 2 is 1.95 bits per heavy atom. The van der Waals surface area contributed by atoms with Gasteiger partial charge in [0.15, 0.2) is 0 Å². The summed E-state index contributed by atoms with van der Waals surface area (Å²) in [6.45, 7) is 0. The molecular weight excluding hydrogens is 259 g/mol. The van der Waals surface area contributed by atoms with Crippen LogP contribution in [0.5, 0.6) is 0 Å². The molecule has 2 aromatic carbocycles. The molecule has 0 saturated heterocycles. The van der Waals surface area contributed by atoms with Gasteiger partial charge in [-0.15, -0.1) is 0 Å². The van der Waals surface area contributed by atoms with Crippen molar-refractivity contribution in [1.29, 1.82) is 5.26 Å². The van der Waals surface area contributed by atoms with Crippen molar-refractivity contribution in [2.75, 3.05) is 0 Å². The zero-order valence-corrected chi connectivity index (χ0v) is 10.5. The number of benzene rings is 2. The van der Waals surface area contributed by atoms with Crippen molar-refractivity contribution in [3.8, 4) is 6.07 Å². The highest BCUT2D eigenvalue weighted by Gasteiger charge is 2.13. The second kappa shape index (κ2) is 5.93. The molecule has 1 atom stereocenters. The fourth-order valence-electron chi connectivity index (χ4n) is 1.97. The third-order valence-corrected chi connectivity index (χ3v) is 2.99. The van der Waals surface area contributed by atoms with Gasteiger partial charge in [-0.3, -0.25) is 10.1 Å². The molecule has 0 bridgehead atoms. The molecule has 0 saturated carbocycles. The second-order valence-corrected chi connectivity index (χ2v) is 4.36. The molecule has 0 aliphatic rings. The summed E-state index contributed by atoms with van der Waals surface area (Å²) in [4.78, 5) is 10.1. The van der Waals surface area contributed by atoms with Crippen molar-refractivity contribution < 1.29 is 9.31 Å². The molecular formula is C15H11FN2O2. The van der Waals surface area contributed by atoms with Crippen LogP contribution < -0.4 is 0 Å². The Bertz CT molecular complexity index is 662. The molecule has 2 aromatic rings. The molecule has 5 heteroatoms. The lowest BCUT2D eigenvalue weighted by atomic mass is 9.93. The van der Waals surface area contributed by atoms with Gasteiger partial charge in [-0.1, -0.05) is 24.3 Å². The molecule has 0 amide bonds. The molecule has 0 fully saturated rings. The van der Waals surface area contributed by atoms with E-state index >= 15 is 0 Å². The van der Waals surface area contributed by atoms with Crippen molar-refractivity contribution in [3.63, 3.8) is 0 Å². The van der Waals surface area contributed by atoms with Crippen LogP contribution in [0, 0.1) is 27.3 Å². The molecule has 2 rings (SSSR count). The summed E-state index contributed by atoms with van der Waals surface area (Å²) < 4.78 is 13.1. The number of hydrogen-bond acceptors (Lipinski definition) is 3. The van der Waals surface area contributed by atoms with E-state index in [1.807, 2.05) is 0 Å². The van der Waals surface area contributed by atoms with Crippen LogP contribution in [-0.4, -0.2) is 4.92 Å². The summed E-state index contributed by atoms with van der Waals surface area (Å²) in [7, 11) is 0. The number of nitriles is 1. The van der Waals surface area contributed by atoms with Crippen LogP contribution in [0.3, 0.4) is 0 Å². The molecule has 100 valence electrons. The highest BCUT2D eigenvalue weighted by Crippen LogP contribution is 2.23. The van der Waals surface area contributed by atoms with Crippen molar-refractivity contribution in [1.82, 2.24) is 0 Å². The van der Waals surface area contributed by atoms with Crippen LogP contribution >= 0.6 is 0 Å². The lowest BCUT2D eigenvalue weighted by Crippen LogP contribution is -2.01. The SMILES string of the molecule is N#CC(Cc1cccc(F)c1)c1ccc([N+](=O)[O-])cc1. The van der Waals surface area contributed by atoms with Crippen LogP contribution in [0.2, 0.25) is 0 Å². The monoisotopic (exact) mass is 270 g/mol. The van der Waals surface area contributed by atoms with E-state index in [4.69, 9.17) is 0 Å². The smallest absolute Gasteiger partial charge is 0.258 e. The number of non-ortho nitro benzene ring substituents is 1. The summed E-state index contributed by atoms with van der Waals surface area (Å²) in [6.07, 6.45) is 0.367. The van der Waals surface area contributed by atoms with Gasteiger partial charge in [-0.25, -0.2) is 4.39 Å². The summed E-state index contributed by atoms with van der Waals surface area (Å²) >= 11 is 0. The normalized spacial score (nSPS) is 11.6. The maximum absolute atomic E-state index is 13.1. The molecule has 0 spiro atoms. The minimum absolute atomic E-state index is 0.0174. The predicted molar refractivity (Wildman–Crippen MR) is 71.6 cm³/mol. The lowest BCUT2D eigenvalue weighted by Gasteiger charge is -2.09. The Kier molecular flexibility index (Phi) is 4.06. The molecule has 0 radical (unpaired) electrons. The molecule has 0 aliphatic heterocycles. The van der Waals surface area contributed by atoms with E-state index in [0.29, 0.717) is 12.0 Å². The molecule has 4 nitrogen and oxygen atoms in total. The summed E-state index contributed by atoms with van der Waals surface area (Å²) in [5.41, 5.74) is 1.38. The Morgan fingerprint density at radius 3 is 2.50 bits per heavy atom. The molecule has 0 aromatic heterocycles. The van der Waals surface area contributed by atoms with E-state index in [1.54, 1.807) is 24.3 Å². The van der Waals surface area contributed by atoms with E-state index in [-0.39, 0.29) is 11.5 Å². The van der Waals surface area contributed by atoms with Gasteiger partial charge in [-0.05, 0) is 29.7 Å². The zero-order chi connectivity index (χ0) is 14.5. The van der Waals surface area contributed by atoms with Crippen molar-refractivity contribution in [3.05, 3.63) is 75.6 Å². The first kappa shape index (κ1) is 13.7. The van der Waals surface area contributed by atoms with Crippen LogP contribution in [-0.2, 0) is 6.42 Å². The second-order valence-electron chi connectivity index (χ2n) is 4.36. The molecule has 0 aliphatic carbocycles. The number of nitro groups is 1. The third kappa shape index (κ3) is 3.18. The Balaban J connectivity index is 2.20. The number of nitrogens with zero attached hydrogens (tertiary/aromatic N) is 2. The maximum atomic E-state index is 13.1. The Hall–Kier alpha value is -2.74. The standard InChI is InChI=1S/C15H11FN2O2/c16-14-3-1-2-11(9-14)8-13(10-17)12-4-6-15(7-5-12)18(19)20/h1-7,9,13H,8H2. The van der Waals surface area contributed by atoms with Crippen LogP contribution in [0.25, 0.3) is 0 Å². The fraction of sp³-hybridized carbons (Fsp3) is 0.133. The fourth-order valence-corrected chi connectivity index (χ4v) is 1.97. The van der Waals surface area contributed by atoms with Crippen molar-refractivity contribution in [2.24, 2.45) is 0 Å². The van der Waals surface area contributed by atoms with E-state index in [2.05, 4.69) is 6.07 Å². The molecule has 0 N–H and O–H groups in total. The van der Waals surface area contributed by atoms with E-state index < -0.39 is 10.8 Å². The topological polar surface area (TPSA) is 66.9 Å². The van der Waals surface area contributed by atoms with Crippen LogP contribution in [0.4, 0.5) is 10.1 Å². The van der Waals surface area contributed by atoms with Gasteiger partial charge in [0, 0.05) is 12.1 Å². The molecule has 0 heterocycles. The van der Waals surface area contributed by atoms with Crippen molar-refractivity contribution >= 4 is 5.69 Å². The highest BCUT2D eigenvalue weighted by atomic mass is 19.1. The zero-order valence-electron chi connectivity index (χ0n) is 10.5. The van der Waals surface area contributed by atoms with Gasteiger partial charge >= 0.3 is 0 Å². The first-order chi connectivity index (χ1) is 9.60. The molecule has 1 unspecified atom stereocenters. The van der Waals surface area contributed by atoms with Crippen LogP contribution in [0.15, 0.2) is 48.5 Å². The highest BCUT2D eigenvalue weighted by molar-refractivity contribution is 5.37.